The molecular formula is C13H15ClN4O. The first kappa shape index (κ1) is 13.5. The summed E-state index contributed by atoms with van der Waals surface area (Å²) in [5.41, 5.74) is 0.422. The van der Waals surface area contributed by atoms with Crippen molar-refractivity contribution in [3.8, 4) is 0 Å². The van der Waals surface area contributed by atoms with Crippen molar-refractivity contribution in [1.82, 2.24) is 19.9 Å². The van der Waals surface area contributed by atoms with E-state index in [9.17, 15) is 4.79 Å². The molecule has 1 amide bonds. The summed E-state index contributed by atoms with van der Waals surface area (Å²) >= 11 is 5.92. The minimum atomic E-state index is -0.224. The van der Waals surface area contributed by atoms with Crippen LogP contribution in [0.25, 0.3) is 0 Å². The molecule has 2 aromatic heterocycles. The van der Waals surface area contributed by atoms with Crippen LogP contribution in [0.15, 0.2) is 30.9 Å². The van der Waals surface area contributed by atoms with Crippen LogP contribution in [0.2, 0.25) is 5.02 Å². The largest absolute Gasteiger partial charge is 0.345 e. The Hall–Kier alpha value is -1.88. The molecule has 0 spiro atoms. The van der Waals surface area contributed by atoms with E-state index in [1.165, 1.54) is 6.20 Å². The fourth-order valence-electron chi connectivity index (χ4n) is 1.77. The fourth-order valence-corrected chi connectivity index (χ4v) is 1.97. The van der Waals surface area contributed by atoms with Crippen molar-refractivity contribution in [2.24, 2.45) is 0 Å². The monoisotopic (exact) mass is 278 g/mol. The van der Waals surface area contributed by atoms with Crippen LogP contribution >= 0.6 is 11.6 Å². The lowest BCUT2D eigenvalue weighted by molar-refractivity contribution is 0.0949. The molecule has 2 heterocycles. The van der Waals surface area contributed by atoms with Gasteiger partial charge in [0, 0.05) is 31.3 Å². The second-order valence-corrected chi connectivity index (χ2v) is 4.48. The molecule has 0 saturated carbocycles. The number of pyridine rings is 1. The third-order valence-electron chi connectivity index (χ3n) is 2.69. The number of hydrogen-bond donors (Lipinski definition) is 1. The highest BCUT2D eigenvalue weighted by Crippen LogP contribution is 2.13. The quantitative estimate of drug-likeness (QED) is 0.913. The number of amides is 1. The van der Waals surface area contributed by atoms with Gasteiger partial charge in [-0.3, -0.25) is 9.78 Å². The number of imidazole rings is 1. The van der Waals surface area contributed by atoms with Crippen LogP contribution in [0.4, 0.5) is 0 Å². The molecule has 0 unspecified atom stereocenters. The standard InChI is InChI=1S/C13H15ClN4O/c1-2-6-18-7-5-16-12(18)9-17-13(19)10-3-4-15-8-11(10)14/h3-5,7-8H,2,6,9H2,1H3,(H,17,19). The first-order valence-corrected chi connectivity index (χ1v) is 6.48. The van der Waals surface area contributed by atoms with E-state index in [2.05, 4.69) is 22.2 Å². The zero-order valence-corrected chi connectivity index (χ0v) is 11.4. The summed E-state index contributed by atoms with van der Waals surface area (Å²) in [5, 5.41) is 3.15. The maximum Gasteiger partial charge on any atom is 0.253 e. The number of carbonyl (C=O) groups excluding carboxylic acids is 1. The molecule has 100 valence electrons. The number of nitrogens with zero attached hydrogens (tertiary/aromatic N) is 3. The summed E-state index contributed by atoms with van der Waals surface area (Å²) in [4.78, 5) is 20.0. The van der Waals surface area contributed by atoms with E-state index in [0.717, 1.165) is 18.8 Å². The molecular weight excluding hydrogens is 264 g/mol. The normalized spacial score (nSPS) is 10.4. The van der Waals surface area contributed by atoms with Gasteiger partial charge in [-0.05, 0) is 12.5 Å². The minimum absolute atomic E-state index is 0.224. The summed E-state index contributed by atoms with van der Waals surface area (Å²) in [6.07, 6.45) is 7.65. The van der Waals surface area contributed by atoms with Crippen molar-refractivity contribution < 1.29 is 4.79 Å². The predicted molar refractivity (Wildman–Crippen MR) is 72.9 cm³/mol. The predicted octanol–water partition coefficient (Wildman–Crippen LogP) is 2.27. The topological polar surface area (TPSA) is 59.8 Å². The molecule has 0 aliphatic heterocycles. The van der Waals surface area contributed by atoms with Gasteiger partial charge in [0.2, 0.25) is 0 Å². The van der Waals surface area contributed by atoms with E-state index in [1.54, 1.807) is 18.5 Å². The molecule has 0 saturated heterocycles. The van der Waals surface area contributed by atoms with Gasteiger partial charge in [0.05, 0.1) is 17.1 Å². The summed E-state index contributed by atoms with van der Waals surface area (Å²) in [6.45, 7) is 3.37. The van der Waals surface area contributed by atoms with Crippen LogP contribution in [-0.2, 0) is 13.1 Å². The highest BCUT2D eigenvalue weighted by molar-refractivity contribution is 6.33. The van der Waals surface area contributed by atoms with Crippen LogP contribution in [0.3, 0.4) is 0 Å². The Balaban J connectivity index is 2.01. The molecule has 0 aliphatic carbocycles. The van der Waals surface area contributed by atoms with Gasteiger partial charge in [-0.1, -0.05) is 18.5 Å². The Morgan fingerprint density at radius 2 is 2.32 bits per heavy atom. The van der Waals surface area contributed by atoms with Crippen LogP contribution in [0.5, 0.6) is 0 Å². The van der Waals surface area contributed by atoms with E-state index >= 15 is 0 Å². The number of carbonyl (C=O) groups is 1. The van der Waals surface area contributed by atoms with Gasteiger partial charge in [-0.15, -0.1) is 0 Å². The molecule has 0 aliphatic rings. The molecule has 0 atom stereocenters. The number of rotatable bonds is 5. The fraction of sp³-hybridized carbons (Fsp3) is 0.308. The van der Waals surface area contributed by atoms with Crippen molar-refractivity contribution in [2.75, 3.05) is 0 Å². The van der Waals surface area contributed by atoms with Gasteiger partial charge in [-0.25, -0.2) is 4.98 Å². The third kappa shape index (κ3) is 3.32. The number of halogens is 1. The summed E-state index contributed by atoms with van der Waals surface area (Å²) < 4.78 is 2.02. The van der Waals surface area contributed by atoms with Gasteiger partial charge in [0.1, 0.15) is 5.82 Å². The van der Waals surface area contributed by atoms with Crippen molar-refractivity contribution in [3.63, 3.8) is 0 Å². The third-order valence-corrected chi connectivity index (χ3v) is 2.99. The summed E-state index contributed by atoms with van der Waals surface area (Å²) in [6, 6.07) is 1.59. The molecule has 6 heteroatoms. The Labute approximate surface area is 116 Å². The van der Waals surface area contributed by atoms with Crippen LogP contribution in [-0.4, -0.2) is 20.4 Å². The van der Waals surface area contributed by atoms with Crippen LogP contribution < -0.4 is 5.32 Å². The van der Waals surface area contributed by atoms with E-state index in [-0.39, 0.29) is 5.91 Å². The molecule has 0 aromatic carbocycles. The zero-order valence-electron chi connectivity index (χ0n) is 10.6. The van der Waals surface area contributed by atoms with Crippen LogP contribution in [0, 0.1) is 0 Å². The molecule has 1 N–H and O–H groups in total. The number of hydrogen-bond acceptors (Lipinski definition) is 3. The van der Waals surface area contributed by atoms with Crippen LogP contribution in [0.1, 0.15) is 29.5 Å². The Morgan fingerprint density at radius 1 is 1.47 bits per heavy atom. The number of aryl methyl sites for hydroxylation is 1. The van der Waals surface area contributed by atoms with Crippen molar-refractivity contribution in [1.29, 1.82) is 0 Å². The Bertz CT molecular complexity index is 567. The number of nitrogens with one attached hydrogen (secondary N) is 1. The van der Waals surface area contributed by atoms with E-state index in [1.807, 2.05) is 10.8 Å². The maximum absolute atomic E-state index is 12.0. The highest BCUT2D eigenvalue weighted by Gasteiger charge is 2.10. The average Bonchev–Trinajstić information content (AvgIpc) is 2.84. The minimum Gasteiger partial charge on any atom is -0.345 e. The lowest BCUT2D eigenvalue weighted by atomic mass is 10.2. The molecule has 5 nitrogen and oxygen atoms in total. The smallest absolute Gasteiger partial charge is 0.253 e. The van der Waals surface area contributed by atoms with Gasteiger partial charge in [-0.2, -0.15) is 0 Å². The Morgan fingerprint density at radius 3 is 3.05 bits per heavy atom. The summed E-state index contributed by atoms with van der Waals surface area (Å²) in [7, 11) is 0. The van der Waals surface area contributed by atoms with Crippen molar-refractivity contribution in [2.45, 2.75) is 26.4 Å². The lowest BCUT2D eigenvalue weighted by Gasteiger charge is -2.08. The van der Waals surface area contributed by atoms with Gasteiger partial charge in [0.25, 0.3) is 5.91 Å². The molecule has 19 heavy (non-hydrogen) atoms. The van der Waals surface area contributed by atoms with Gasteiger partial charge < -0.3 is 9.88 Å². The molecule has 0 radical (unpaired) electrons. The summed E-state index contributed by atoms with van der Waals surface area (Å²) in [5.74, 6) is 0.610. The molecule has 2 rings (SSSR count). The van der Waals surface area contributed by atoms with Gasteiger partial charge >= 0.3 is 0 Å². The maximum atomic E-state index is 12.0. The molecule has 2 aromatic rings. The van der Waals surface area contributed by atoms with E-state index in [4.69, 9.17) is 11.6 Å². The second kappa shape index (κ2) is 6.33. The SMILES string of the molecule is CCCn1ccnc1CNC(=O)c1ccncc1Cl. The van der Waals surface area contributed by atoms with Crippen molar-refractivity contribution >= 4 is 17.5 Å². The van der Waals surface area contributed by atoms with E-state index in [0.29, 0.717) is 17.1 Å². The van der Waals surface area contributed by atoms with E-state index < -0.39 is 0 Å². The average molecular weight is 279 g/mol. The van der Waals surface area contributed by atoms with Gasteiger partial charge in [0.15, 0.2) is 0 Å². The first-order chi connectivity index (χ1) is 9.22. The molecule has 0 fully saturated rings. The first-order valence-electron chi connectivity index (χ1n) is 6.10. The zero-order chi connectivity index (χ0) is 13.7. The second-order valence-electron chi connectivity index (χ2n) is 4.08. The highest BCUT2D eigenvalue weighted by atomic mass is 35.5. The molecule has 0 bridgehead atoms. The lowest BCUT2D eigenvalue weighted by Crippen LogP contribution is -2.25. The Kier molecular flexibility index (Phi) is 4.52. The van der Waals surface area contributed by atoms with Crippen molar-refractivity contribution in [3.05, 3.63) is 47.3 Å². The number of aromatic nitrogens is 3.